The summed E-state index contributed by atoms with van der Waals surface area (Å²) in [5, 5.41) is 7.03. The second kappa shape index (κ2) is 6.21. The van der Waals surface area contributed by atoms with Crippen LogP contribution in [0.4, 0.5) is 0 Å². The van der Waals surface area contributed by atoms with Crippen molar-refractivity contribution in [3.05, 3.63) is 12.4 Å². The third kappa shape index (κ3) is 3.38. The first-order chi connectivity index (χ1) is 9.51. The van der Waals surface area contributed by atoms with Crippen molar-refractivity contribution in [1.29, 1.82) is 0 Å². The van der Waals surface area contributed by atoms with E-state index in [4.69, 9.17) is 4.74 Å². The van der Waals surface area contributed by atoms with E-state index in [0.29, 0.717) is 13.1 Å². The van der Waals surface area contributed by atoms with Gasteiger partial charge in [0.25, 0.3) is 0 Å². The molecule has 1 aliphatic rings. The summed E-state index contributed by atoms with van der Waals surface area (Å²) in [4.78, 5) is 0.194. The van der Waals surface area contributed by atoms with E-state index < -0.39 is 10.0 Å². The fraction of sp³-hybridized carbons (Fsp3) is 0.750. The van der Waals surface area contributed by atoms with Crippen LogP contribution < -0.4 is 10.0 Å². The SMILES string of the molecule is CNCCn1cc(S(=O)(=O)NCC2(OC)CCC2)cn1. The molecule has 1 saturated carbocycles. The monoisotopic (exact) mass is 302 g/mol. The van der Waals surface area contributed by atoms with Gasteiger partial charge in [-0.05, 0) is 26.3 Å². The van der Waals surface area contributed by atoms with Gasteiger partial charge >= 0.3 is 0 Å². The molecule has 2 rings (SSSR count). The molecule has 0 saturated heterocycles. The lowest BCUT2D eigenvalue weighted by atomic mass is 9.80. The second-order valence-corrected chi connectivity index (χ2v) is 6.87. The predicted molar refractivity (Wildman–Crippen MR) is 74.9 cm³/mol. The van der Waals surface area contributed by atoms with Crippen LogP contribution in [-0.4, -0.2) is 51.0 Å². The van der Waals surface area contributed by atoms with E-state index in [2.05, 4.69) is 15.1 Å². The fourth-order valence-corrected chi connectivity index (χ4v) is 3.23. The summed E-state index contributed by atoms with van der Waals surface area (Å²) in [5.41, 5.74) is -0.324. The van der Waals surface area contributed by atoms with Gasteiger partial charge in [0.1, 0.15) is 4.90 Å². The minimum atomic E-state index is -3.52. The van der Waals surface area contributed by atoms with E-state index in [1.165, 1.54) is 6.20 Å². The van der Waals surface area contributed by atoms with Crippen LogP contribution in [0.15, 0.2) is 17.3 Å². The molecular weight excluding hydrogens is 280 g/mol. The number of ether oxygens (including phenoxy) is 1. The number of hydrogen-bond donors (Lipinski definition) is 2. The lowest BCUT2D eigenvalue weighted by Crippen LogP contribution is -2.49. The summed E-state index contributed by atoms with van der Waals surface area (Å²) in [6, 6.07) is 0. The highest BCUT2D eigenvalue weighted by atomic mass is 32.2. The predicted octanol–water partition coefficient (Wildman–Crippen LogP) is -0.0501. The Morgan fingerprint density at radius 2 is 2.25 bits per heavy atom. The maximum atomic E-state index is 12.2. The lowest BCUT2D eigenvalue weighted by molar-refractivity contribution is -0.0659. The Balaban J connectivity index is 1.97. The molecule has 0 amide bonds. The quantitative estimate of drug-likeness (QED) is 0.703. The van der Waals surface area contributed by atoms with Crippen LogP contribution in [0.25, 0.3) is 0 Å². The van der Waals surface area contributed by atoms with Crippen molar-refractivity contribution in [3.8, 4) is 0 Å². The Morgan fingerprint density at radius 3 is 2.80 bits per heavy atom. The van der Waals surface area contributed by atoms with Crippen LogP contribution in [0.2, 0.25) is 0 Å². The van der Waals surface area contributed by atoms with Gasteiger partial charge in [-0.15, -0.1) is 0 Å². The topological polar surface area (TPSA) is 85.2 Å². The van der Waals surface area contributed by atoms with E-state index in [0.717, 1.165) is 25.8 Å². The summed E-state index contributed by atoms with van der Waals surface area (Å²) in [6.45, 7) is 1.68. The standard InChI is InChI=1S/C12H22N4O3S/c1-13-6-7-16-9-11(8-14-16)20(17,18)15-10-12(19-2)4-3-5-12/h8-9,13,15H,3-7,10H2,1-2H3. The maximum absolute atomic E-state index is 12.2. The third-order valence-corrected chi connectivity index (χ3v) is 5.15. The van der Waals surface area contributed by atoms with Gasteiger partial charge in [0.15, 0.2) is 0 Å². The molecule has 0 atom stereocenters. The highest BCUT2D eigenvalue weighted by Crippen LogP contribution is 2.34. The summed E-state index contributed by atoms with van der Waals surface area (Å²) in [7, 11) is -0.0507. The number of methoxy groups -OCH3 is 1. The Bertz CT molecular complexity index is 531. The number of nitrogens with one attached hydrogen (secondary N) is 2. The Labute approximate surface area is 119 Å². The van der Waals surface area contributed by atoms with Crippen LogP contribution in [0.5, 0.6) is 0 Å². The molecular formula is C12H22N4O3S. The van der Waals surface area contributed by atoms with Gasteiger partial charge in [-0.2, -0.15) is 5.10 Å². The number of sulfonamides is 1. The maximum Gasteiger partial charge on any atom is 0.243 e. The minimum Gasteiger partial charge on any atom is -0.377 e. The normalized spacial score (nSPS) is 17.9. The summed E-state index contributed by atoms with van der Waals surface area (Å²) in [6.07, 6.45) is 5.79. The van der Waals surface area contributed by atoms with Gasteiger partial charge < -0.3 is 10.1 Å². The molecule has 0 aliphatic heterocycles. The Kier molecular flexibility index (Phi) is 4.79. The smallest absolute Gasteiger partial charge is 0.243 e. The van der Waals surface area contributed by atoms with Gasteiger partial charge in [-0.1, -0.05) is 0 Å². The second-order valence-electron chi connectivity index (χ2n) is 5.11. The zero-order valence-corrected chi connectivity index (χ0v) is 12.7. The highest BCUT2D eigenvalue weighted by Gasteiger charge is 2.38. The summed E-state index contributed by atoms with van der Waals surface area (Å²) in [5.74, 6) is 0. The van der Waals surface area contributed by atoms with E-state index in [-0.39, 0.29) is 10.5 Å². The van der Waals surface area contributed by atoms with Crippen LogP contribution in [0.1, 0.15) is 19.3 Å². The van der Waals surface area contributed by atoms with Crippen molar-refractivity contribution < 1.29 is 13.2 Å². The first-order valence-corrected chi connectivity index (χ1v) is 8.21. The van der Waals surface area contributed by atoms with Crippen molar-refractivity contribution in [2.24, 2.45) is 0 Å². The largest absolute Gasteiger partial charge is 0.377 e. The molecule has 1 aromatic rings. The summed E-state index contributed by atoms with van der Waals surface area (Å²) < 4.78 is 34.0. The van der Waals surface area contributed by atoms with Crippen LogP contribution in [0, 0.1) is 0 Å². The number of aromatic nitrogens is 2. The molecule has 2 N–H and O–H groups in total. The molecule has 0 aromatic carbocycles. The van der Waals surface area contributed by atoms with E-state index in [9.17, 15) is 8.42 Å². The number of hydrogen-bond acceptors (Lipinski definition) is 5. The average molecular weight is 302 g/mol. The number of likely N-dealkylation sites (N-methyl/N-ethyl adjacent to an activating group) is 1. The van der Waals surface area contributed by atoms with E-state index in [1.54, 1.807) is 18.0 Å². The Hall–Kier alpha value is -0.960. The molecule has 0 unspecified atom stereocenters. The van der Waals surface area contributed by atoms with Crippen molar-refractivity contribution in [1.82, 2.24) is 19.8 Å². The van der Waals surface area contributed by atoms with Crippen molar-refractivity contribution in [2.75, 3.05) is 27.2 Å². The summed E-state index contributed by atoms with van der Waals surface area (Å²) >= 11 is 0. The van der Waals surface area contributed by atoms with Gasteiger partial charge in [-0.3, -0.25) is 4.68 Å². The Morgan fingerprint density at radius 1 is 1.50 bits per heavy atom. The zero-order valence-electron chi connectivity index (χ0n) is 11.9. The molecule has 20 heavy (non-hydrogen) atoms. The first-order valence-electron chi connectivity index (χ1n) is 6.73. The molecule has 1 heterocycles. The molecule has 0 bridgehead atoms. The minimum absolute atomic E-state index is 0.194. The van der Waals surface area contributed by atoms with Crippen molar-refractivity contribution in [3.63, 3.8) is 0 Å². The van der Waals surface area contributed by atoms with E-state index in [1.807, 2.05) is 7.05 Å². The van der Waals surface area contributed by atoms with Crippen LogP contribution in [-0.2, 0) is 21.3 Å². The van der Waals surface area contributed by atoms with E-state index >= 15 is 0 Å². The van der Waals surface area contributed by atoms with Crippen molar-refractivity contribution >= 4 is 10.0 Å². The molecule has 1 aliphatic carbocycles. The average Bonchev–Trinajstić information content (AvgIpc) is 2.85. The fourth-order valence-electron chi connectivity index (χ4n) is 2.17. The zero-order chi connectivity index (χ0) is 14.6. The molecule has 1 fully saturated rings. The third-order valence-electron chi connectivity index (χ3n) is 3.79. The molecule has 7 nitrogen and oxygen atoms in total. The molecule has 8 heteroatoms. The highest BCUT2D eigenvalue weighted by molar-refractivity contribution is 7.89. The molecule has 0 spiro atoms. The number of rotatable bonds is 8. The number of nitrogens with zero attached hydrogens (tertiary/aromatic N) is 2. The first kappa shape index (κ1) is 15.4. The molecule has 114 valence electrons. The molecule has 0 radical (unpaired) electrons. The van der Waals surface area contributed by atoms with Crippen LogP contribution >= 0.6 is 0 Å². The van der Waals surface area contributed by atoms with Gasteiger partial charge in [0.2, 0.25) is 10.0 Å². The van der Waals surface area contributed by atoms with Gasteiger partial charge in [0, 0.05) is 26.4 Å². The van der Waals surface area contributed by atoms with Crippen LogP contribution in [0.3, 0.4) is 0 Å². The lowest BCUT2D eigenvalue weighted by Gasteiger charge is -2.40. The van der Waals surface area contributed by atoms with Gasteiger partial charge in [-0.25, -0.2) is 13.1 Å². The van der Waals surface area contributed by atoms with Crippen molar-refractivity contribution in [2.45, 2.75) is 36.3 Å². The van der Waals surface area contributed by atoms with Gasteiger partial charge in [0.05, 0.1) is 18.3 Å². The molecule has 1 aromatic heterocycles.